The Morgan fingerprint density at radius 1 is 1.44 bits per heavy atom. The molecule has 3 rings (SSSR count). The number of benzene rings is 1. The fraction of sp³-hybridized carbons (Fsp3) is 0.308. The Labute approximate surface area is 110 Å². The van der Waals surface area contributed by atoms with E-state index in [1.54, 1.807) is 6.26 Å². The van der Waals surface area contributed by atoms with Crippen LogP contribution in [0.2, 0.25) is 5.02 Å². The Balaban J connectivity index is 1.73. The van der Waals surface area contributed by atoms with Crippen molar-refractivity contribution in [3.8, 4) is 11.5 Å². The molecule has 2 N–H and O–H groups in total. The van der Waals surface area contributed by atoms with E-state index in [2.05, 4.69) is 9.88 Å². The zero-order valence-corrected chi connectivity index (χ0v) is 10.6. The molecule has 1 saturated heterocycles. The molecular formula is C13H14ClN3O. The van der Waals surface area contributed by atoms with Gasteiger partial charge in [-0.3, -0.25) is 4.90 Å². The molecule has 5 heteroatoms. The van der Waals surface area contributed by atoms with Gasteiger partial charge in [-0.15, -0.1) is 0 Å². The summed E-state index contributed by atoms with van der Waals surface area (Å²) in [6, 6.07) is 7.80. The van der Waals surface area contributed by atoms with Crippen LogP contribution >= 0.6 is 11.6 Å². The number of oxazole rings is 1. The molecule has 94 valence electrons. The van der Waals surface area contributed by atoms with Crippen molar-refractivity contribution in [1.82, 2.24) is 9.88 Å². The Morgan fingerprint density at radius 2 is 2.28 bits per heavy atom. The van der Waals surface area contributed by atoms with Gasteiger partial charge in [0, 0.05) is 36.3 Å². The highest BCUT2D eigenvalue weighted by molar-refractivity contribution is 6.30. The molecule has 1 aromatic heterocycles. The first-order valence-corrected chi connectivity index (χ1v) is 6.27. The number of aromatic nitrogens is 1. The average Bonchev–Trinajstić information content (AvgIpc) is 2.76. The molecule has 2 heterocycles. The summed E-state index contributed by atoms with van der Waals surface area (Å²) in [6.45, 7) is 2.65. The van der Waals surface area contributed by atoms with E-state index in [1.807, 2.05) is 24.3 Å². The van der Waals surface area contributed by atoms with Crippen LogP contribution in [0.25, 0.3) is 11.5 Å². The van der Waals surface area contributed by atoms with Crippen LogP contribution in [0.1, 0.15) is 5.69 Å². The number of halogens is 1. The monoisotopic (exact) mass is 263 g/mol. The van der Waals surface area contributed by atoms with Crippen LogP contribution in [-0.4, -0.2) is 29.0 Å². The molecule has 1 aromatic carbocycles. The van der Waals surface area contributed by atoms with Gasteiger partial charge in [0.2, 0.25) is 5.89 Å². The topological polar surface area (TPSA) is 55.3 Å². The average molecular weight is 264 g/mol. The summed E-state index contributed by atoms with van der Waals surface area (Å²) in [7, 11) is 0. The molecule has 0 amide bonds. The Hall–Kier alpha value is -1.36. The van der Waals surface area contributed by atoms with Gasteiger partial charge in [0.25, 0.3) is 0 Å². The van der Waals surface area contributed by atoms with E-state index in [1.165, 1.54) is 0 Å². The summed E-state index contributed by atoms with van der Waals surface area (Å²) < 4.78 is 5.47. The number of rotatable bonds is 3. The highest BCUT2D eigenvalue weighted by atomic mass is 35.5. The maximum Gasteiger partial charge on any atom is 0.226 e. The van der Waals surface area contributed by atoms with Crippen LogP contribution in [0.15, 0.2) is 34.9 Å². The van der Waals surface area contributed by atoms with Crippen LogP contribution in [-0.2, 0) is 6.54 Å². The third-order valence-electron chi connectivity index (χ3n) is 2.99. The lowest BCUT2D eigenvalue weighted by molar-refractivity contribution is 0.140. The Morgan fingerprint density at radius 3 is 3.00 bits per heavy atom. The third-order valence-corrected chi connectivity index (χ3v) is 3.23. The van der Waals surface area contributed by atoms with E-state index in [0.29, 0.717) is 17.0 Å². The fourth-order valence-corrected chi connectivity index (χ4v) is 2.29. The highest BCUT2D eigenvalue weighted by Gasteiger charge is 2.23. The van der Waals surface area contributed by atoms with E-state index in [4.69, 9.17) is 21.8 Å². The van der Waals surface area contributed by atoms with E-state index >= 15 is 0 Å². The fourth-order valence-electron chi connectivity index (χ4n) is 2.10. The molecule has 1 aliphatic rings. The van der Waals surface area contributed by atoms with E-state index in [-0.39, 0.29) is 0 Å². The first-order valence-electron chi connectivity index (χ1n) is 5.89. The lowest BCUT2D eigenvalue weighted by atomic mass is 10.1. The number of nitrogens with two attached hydrogens (primary N) is 1. The lowest BCUT2D eigenvalue weighted by Crippen LogP contribution is -2.54. The first kappa shape index (κ1) is 11.7. The number of likely N-dealkylation sites (tertiary alicyclic amines) is 1. The molecule has 4 nitrogen and oxygen atoms in total. The molecule has 0 spiro atoms. The smallest absolute Gasteiger partial charge is 0.226 e. The molecule has 0 unspecified atom stereocenters. The molecular weight excluding hydrogens is 250 g/mol. The van der Waals surface area contributed by atoms with Gasteiger partial charge in [0.15, 0.2) is 0 Å². The standard InChI is InChI=1S/C13H14ClN3O/c14-10-3-1-2-9(4-10)13-16-12(8-18-13)7-17-5-11(15)6-17/h1-4,8,11H,5-7,15H2. The maximum atomic E-state index is 5.94. The molecule has 1 aliphatic heterocycles. The molecule has 0 atom stereocenters. The normalized spacial score (nSPS) is 16.8. The van der Waals surface area contributed by atoms with Crippen molar-refractivity contribution in [1.29, 1.82) is 0 Å². The van der Waals surface area contributed by atoms with Gasteiger partial charge in [0.1, 0.15) is 6.26 Å². The molecule has 0 saturated carbocycles. The summed E-state index contributed by atoms with van der Waals surface area (Å²) in [4.78, 5) is 6.70. The van der Waals surface area contributed by atoms with Crippen molar-refractivity contribution in [2.24, 2.45) is 5.73 Å². The van der Waals surface area contributed by atoms with Crippen molar-refractivity contribution in [3.05, 3.63) is 41.2 Å². The highest BCUT2D eigenvalue weighted by Crippen LogP contribution is 2.22. The van der Waals surface area contributed by atoms with E-state index in [9.17, 15) is 0 Å². The van der Waals surface area contributed by atoms with Gasteiger partial charge < -0.3 is 10.2 Å². The van der Waals surface area contributed by atoms with Gasteiger partial charge in [0.05, 0.1) is 5.69 Å². The quantitative estimate of drug-likeness (QED) is 0.922. The largest absolute Gasteiger partial charge is 0.444 e. The van der Waals surface area contributed by atoms with Crippen molar-refractivity contribution in [2.45, 2.75) is 12.6 Å². The zero-order valence-electron chi connectivity index (χ0n) is 9.84. The van der Waals surface area contributed by atoms with Crippen LogP contribution in [0.4, 0.5) is 0 Å². The van der Waals surface area contributed by atoms with Crippen molar-refractivity contribution in [2.75, 3.05) is 13.1 Å². The van der Waals surface area contributed by atoms with Gasteiger partial charge in [-0.05, 0) is 18.2 Å². The summed E-state index contributed by atoms with van der Waals surface area (Å²) in [6.07, 6.45) is 1.69. The first-order chi connectivity index (χ1) is 8.70. The summed E-state index contributed by atoms with van der Waals surface area (Å²) >= 11 is 5.94. The molecule has 0 radical (unpaired) electrons. The number of hydrogen-bond acceptors (Lipinski definition) is 4. The molecule has 0 bridgehead atoms. The zero-order chi connectivity index (χ0) is 12.5. The molecule has 1 fully saturated rings. The van der Waals surface area contributed by atoms with Crippen LogP contribution < -0.4 is 5.73 Å². The predicted molar refractivity (Wildman–Crippen MR) is 70.2 cm³/mol. The minimum Gasteiger partial charge on any atom is -0.444 e. The van der Waals surface area contributed by atoms with Crippen molar-refractivity contribution >= 4 is 11.6 Å². The third kappa shape index (κ3) is 2.41. The van der Waals surface area contributed by atoms with E-state index in [0.717, 1.165) is 30.9 Å². The Bertz CT molecular complexity index is 549. The molecule has 18 heavy (non-hydrogen) atoms. The van der Waals surface area contributed by atoms with Gasteiger partial charge in [-0.2, -0.15) is 0 Å². The molecule has 0 aliphatic carbocycles. The lowest BCUT2D eigenvalue weighted by Gasteiger charge is -2.36. The predicted octanol–water partition coefficient (Wildman–Crippen LogP) is 2.14. The summed E-state index contributed by atoms with van der Waals surface area (Å²) in [5, 5.41) is 0.681. The van der Waals surface area contributed by atoms with E-state index < -0.39 is 0 Å². The van der Waals surface area contributed by atoms with Gasteiger partial charge in [-0.1, -0.05) is 17.7 Å². The summed E-state index contributed by atoms with van der Waals surface area (Å²) in [5.74, 6) is 0.609. The minimum absolute atomic E-state index is 0.310. The SMILES string of the molecule is NC1CN(Cc2coc(-c3cccc(Cl)c3)n2)C1. The van der Waals surface area contributed by atoms with Crippen LogP contribution in [0.3, 0.4) is 0 Å². The second-order valence-corrected chi connectivity index (χ2v) is 5.04. The Kier molecular flexibility index (Phi) is 3.07. The molecule has 2 aromatic rings. The van der Waals surface area contributed by atoms with Gasteiger partial charge >= 0.3 is 0 Å². The van der Waals surface area contributed by atoms with Crippen molar-refractivity contribution in [3.63, 3.8) is 0 Å². The second kappa shape index (κ2) is 4.72. The maximum absolute atomic E-state index is 5.94. The van der Waals surface area contributed by atoms with Crippen LogP contribution in [0.5, 0.6) is 0 Å². The van der Waals surface area contributed by atoms with Gasteiger partial charge in [-0.25, -0.2) is 4.98 Å². The number of nitrogens with zero attached hydrogens (tertiary/aromatic N) is 2. The second-order valence-electron chi connectivity index (χ2n) is 4.61. The van der Waals surface area contributed by atoms with Crippen molar-refractivity contribution < 1.29 is 4.42 Å². The summed E-state index contributed by atoms with van der Waals surface area (Å²) in [5.41, 5.74) is 7.56. The minimum atomic E-state index is 0.310. The number of hydrogen-bond donors (Lipinski definition) is 1. The van der Waals surface area contributed by atoms with Crippen LogP contribution in [0, 0.1) is 0 Å².